The third kappa shape index (κ3) is 2.63. The number of benzene rings is 1. The zero-order valence-electron chi connectivity index (χ0n) is 11.6. The van der Waals surface area contributed by atoms with Gasteiger partial charge in [-0.25, -0.2) is 9.97 Å². The lowest BCUT2D eigenvalue weighted by Gasteiger charge is -2.21. The molecule has 0 radical (unpaired) electrons. The van der Waals surface area contributed by atoms with Gasteiger partial charge in [0.05, 0.1) is 5.88 Å². The molecule has 1 aliphatic heterocycles. The number of alkyl halides is 1. The Morgan fingerprint density at radius 3 is 2.80 bits per heavy atom. The Hall–Kier alpha value is -1.61. The molecule has 2 aromatic rings. The largest absolute Gasteiger partial charge is 0.336 e. The van der Waals surface area contributed by atoms with Gasteiger partial charge in [0.1, 0.15) is 0 Å². The van der Waals surface area contributed by atoms with E-state index in [4.69, 9.17) is 11.6 Å². The number of fused-ring (bicyclic) bond motifs is 1. The van der Waals surface area contributed by atoms with Crippen molar-refractivity contribution in [2.45, 2.75) is 32.2 Å². The minimum absolute atomic E-state index is 0.467. The van der Waals surface area contributed by atoms with Crippen LogP contribution in [0.15, 0.2) is 30.5 Å². The number of halogens is 1. The van der Waals surface area contributed by atoms with E-state index in [1.807, 2.05) is 13.1 Å². The number of aryl methyl sites for hydroxylation is 2. The number of nitrogens with zero attached hydrogens (tertiary/aromatic N) is 3. The summed E-state index contributed by atoms with van der Waals surface area (Å²) in [4.78, 5) is 11.4. The molecule has 0 unspecified atom stereocenters. The fraction of sp³-hybridized carbons (Fsp3) is 0.375. The predicted octanol–water partition coefficient (Wildman–Crippen LogP) is 3.48. The molecule has 0 atom stereocenters. The highest BCUT2D eigenvalue weighted by Gasteiger charge is 2.16. The van der Waals surface area contributed by atoms with E-state index in [1.165, 1.54) is 11.1 Å². The van der Waals surface area contributed by atoms with Gasteiger partial charge in [0.25, 0.3) is 0 Å². The van der Waals surface area contributed by atoms with E-state index in [0.717, 1.165) is 43.1 Å². The molecule has 20 heavy (non-hydrogen) atoms. The summed E-state index contributed by atoms with van der Waals surface area (Å²) in [6.45, 7) is 3.87. The molecule has 4 heteroatoms. The zero-order chi connectivity index (χ0) is 13.9. The smallest absolute Gasteiger partial charge is 0.225 e. The molecule has 3 rings (SSSR count). The van der Waals surface area contributed by atoms with Gasteiger partial charge in [-0.1, -0.05) is 24.3 Å². The van der Waals surface area contributed by atoms with Crippen molar-refractivity contribution in [2.75, 3.05) is 11.4 Å². The summed E-state index contributed by atoms with van der Waals surface area (Å²) in [5.41, 5.74) is 4.81. The maximum Gasteiger partial charge on any atom is 0.225 e. The van der Waals surface area contributed by atoms with E-state index in [2.05, 4.69) is 39.1 Å². The maximum atomic E-state index is 5.87. The molecule has 2 heterocycles. The van der Waals surface area contributed by atoms with Crippen molar-refractivity contribution in [1.82, 2.24) is 9.97 Å². The van der Waals surface area contributed by atoms with Gasteiger partial charge in [-0.3, -0.25) is 0 Å². The minimum atomic E-state index is 0.467. The number of rotatable bonds is 2. The SMILES string of the molecule is Cc1nc(N2CCCc3ccccc3C2)ncc1CCl. The summed E-state index contributed by atoms with van der Waals surface area (Å²) in [5.74, 6) is 1.28. The van der Waals surface area contributed by atoms with Crippen LogP contribution in [-0.4, -0.2) is 16.5 Å². The Morgan fingerprint density at radius 1 is 1.25 bits per heavy atom. The van der Waals surface area contributed by atoms with E-state index in [0.29, 0.717) is 5.88 Å². The normalized spacial score (nSPS) is 14.8. The number of hydrogen-bond acceptors (Lipinski definition) is 3. The monoisotopic (exact) mass is 287 g/mol. The second-order valence-electron chi connectivity index (χ2n) is 5.21. The summed E-state index contributed by atoms with van der Waals surface area (Å²) in [6, 6.07) is 8.64. The van der Waals surface area contributed by atoms with Crippen LogP contribution >= 0.6 is 11.6 Å². The Labute approximate surface area is 124 Å². The Kier molecular flexibility index (Phi) is 3.88. The molecule has 0 bridgehead atoms. The molecule has 1 aromatic carbocycles. The zero-order valence-corrected chi connectivity index (χ0v) is 12.4. The Morgan fingerprint density at radius 2 is 2.05 bits per heavy atom. The molecule has 0 saturated heterocycles. The molecule has 3 nitrogen and oxygen atoms in total. The molecule has 1 aromatic heterocycles. The highest BCUT2D eigenvalue weighted by Crippen LogP contribution is 2.22. The van der Waals surface area contributed by atoms with Crippen molar-refractivity contribution in [3.8, 4) is 0 Å². The summed E-state index contributed by atoms with van der Waals surface area (Å²) in [7, 11) is 0. The molecule has 0 amide bonds. The fourth-order valence-electron chi connectivity index (χ4n) is 2.63. The van der Waals surface area contributed by atoms with Gasteiger partial charge in [0, 0.05) is 30.5 Å². The van der Waals surface area contributed by atoms with Crippen molar-refractivity contribution in [1.29, 1.82) is 0 Å². The summed E-state index contributed by atoms with van der Waals surface area (Å²) in [6.07, 6.45) is 4.11. The molecule has 0 aliphatic carbocycles. The minimum Gasteiger partial charge on any atom is -0.336 e. The van der Waals surface area contributed by atoms with Crippen molar-refractivity contribution < 1.29 is 0 Å². The lowest BCUT2D eigenvalue weighted by Crippen LogP contribution is -2.25. The summed E-state index contributed by atoms with van der Waals surface area (Å²) < 4.78 is 0. The third-order valence-corrected chi connectivity index (χ3v) is 4.14. The molecule has 0 fully saturated rings. The van der Waals surface area contributed by atoms with Gasteiger partial charge in [-0.15, -0.1) is 11.6 Å². The summed E-state index contributed by atoms with van der Waals surface area (Å²) in [5, 5.41) is 0. The fourth-order valence-corrected chi connectivity index (χ4v) is 2.90. The number of anilines is 1. The molecule has 0 saturated carbocycles. The van der Waals surface area contributed by atoms with Gasteiger partial charge in [0.2, 0.25) is 5.95 Å². The van der Waals surface area contributed by atoms with Crippen molar-refractivity contribution >= 4 is 17.5 Å². The Bertz CT molecular complexity index is 612. The van der Waals surface area contributed by atoms with Gasteiger partial charge in [-0.2, -0.15) is 0 Å². The number of hydrogen-bond donors (Lipinski definition) is 0. The lowest BCUT2D eigenvalue weighted by molar-refractivity contribution is 0.736. The topological polar surface area (TPSA) is 29.0 Å². The number of aromatic nitrogens is 2. The van der Waals surface area contributed by atoms with Crippen LogP contribution in [-0.2, 0) is 18.8 Å². The van der Waals surface area contributed by atoms with E-state index >= 15 is 0 Å². The van der Waals surface area contributed by atoms with Crippen molar-refractivity contribution in [3.63, 3.8) is 0 Å². The van der Waals surface area contributed by atoms with Gasteiger partial charge in [0.15, 0.2) is 0 Å². The maximum absolute atomic E-state index is 5.87. The molecular formula is C16H18ClN3. The third-order valence-electron chi connectivity index (χ3n) is 3.85. The van der Waals surface area contributed by atoms with Crippen LogP contribution in [0.2, 0.25) is 0 Å². The van der Waals surface area contributed by atoms with Crippen molar-refractivity contribution in [3.05, 3.63) is 52.8 Å². The quantitative estimate of drug-likeness (QED) is 0.792. The Balaban J connectivity index is 1.89. The van der Waals surface area contributed by atoms with Crippen LogP contribution in [0.4, 0.5) is 5.95 Å². The average Bonchev–Trinajstić information content (AvgIpc) is 2.69. The van der Waals surface area contributed by atoms with Crippen LogP contribution in [0.25, 0.3) is 0 Å². The molecule has 0 spiro atoms. The highest BCUT2D eigenvalue weighted by molar-refractivity contribution is 6.17. The van der Waals surface area contributed by atoms with Crippen LogP contribution in [0.5, 0.6) is 0 Å². The van der Waals surface area contributed by atoms with E-state index < -0.39 is 0 Å². The first-order valence-corrected chi connectivity index (χ1v) is 7.51. The van der Waals surface area contributed by atoms with E-state index in [1.54, 1.807) is 0 Å². The van der Waals surface area contributed by atoms with Crippen LogP contribution in [0.3, 0.4) is 0 Å². The second-order valence-corrected chi connectivity index (χ2v) is 5.48. The molecular weight excluding hydrogens is 270 g/mol. The van der Waals surface area contributed by atoms with Crippen LogP contribution in [0, 0.1) is 6.92 Å². The standard InChI is InChI=1S/C16H18ClN3/c1-12-15(9-17)10-18-16(19-12)20-8-4-7-13-5-2-3-6-14(13)11-20/h2-3,5-6,10H,4,7-9,11H2,1H3. The van der Waals surface area contributed by atoms with Crippen molar-refractivity contribution in [2.24, 2.45) is 0 Å². The van der Waals surface area contributed by atoms with Gasteiger partial charge in [-0.05, 0) is 30.9 Å². The molecule has 104 valence electrons. The van der Waals surface area contributed by atoms with Gasteiger partial charge >= 0.3 is 0 Å². The first-order valence-electron chi connectivity index (χ1n) is 6.98. The predicted molar refractivity (Wildman–Crippen MR) is 82.1 cm³/mol. The average molecular weight is 288 g/mol. The molecule has 1 aliphatic rings. The first-order chi connectivity index (χ1) is 9.78. The first kappa shape index (κ1) is 13.4. The van der Waals surface area contributed by atoms with E-state index in [9.17, 15) is 0 Å². The second kappa shape index (κ2) is 5.80. The lowest BCUT2D eigenvalue weighted by atomic mass is 10.0. The highest BCUT2D eigenvalue weighted by atomic mass is 35.5. The van der Waals surface area contributed by atoms with E-state index in [-0.39, 0.29) is 0 Å². The summed E-state index contributed by atoms with van der Waals surface area (Å²) >= 11 is 5.87. The molecule has 0 N–H and O–H groups in total. The van der Waals surface area contributed by atoms with Crippen LogP contribution in [0.1, 0.15) is 28.8 Å². The van der Waals surface area contributed by atoms with Gasteiger partial charge < -0.3 is 4.90 Å². The van der Waals surface area contributed by atoms with Crippen LogP contribution < -0.4 is 4.90 Å².